The summed E-state index contributed by atoms with van der Waals surface area (Å²) < 4.78 is 14.9. The highest BCUT2D eigenvalue weighted by atomic mass is 16.6. The number of nitrogens with zero attached hydrogens (tertiary/aromatic N) is 7. The molecule has 0 atom stereocenters. The van der Waals surface area contributed by atoms with Gasteiger partial charge >= 0.3 is 12.1 Å². The van der Waals surface area contributed by atoms with E-state index in [9.17, 15) is 4.79 Å². The van der Waals surface area contributed by atoms with E-state index >= 15 is 0 Å². The van der Waals surface area contributed by atoms with E-state index in [-0.39, 0.29) is 30.7 Å². The number of aromatic nitrogens is 6. The van der Waals surface area contributed by atoms with E-state index in [0.29, 0.717) is 24.7 Å². The summed E-state index contributed by atoms with van der Waals surface area (Å²) in [5.74, 6) is 0.737. The summed E-state index contributed by atoms with van der Waals surface area (Å²) in [6.07, 6.45) is 8.18. The lowest BCUT2D eigenvalue weighted by molar-refractivity contribution is 0.0293. The zero-order chi connectivity index (χ0) is 25.8. The summed E-state index contributed by atoms with van der Waals surface area (Å²) in [4.78, 5) is 23.0. The number of nitrogens with one attached hydrogen (secondary N) is 1. The van der Waals surface area contributed by atoms with E-state index in [2.05, 4.69) is 39.3 Å². The van der Waals surface area contributed by atoms with Gasteiger partial charge in [-0.15, -0.1) is 0 Å². The maximum Gasteiger partial charge on any atom is 0.409 e. The summed E-state index contributed by atoms with van der Waals surface area (Å²) in [6, 6.07) is 10.1. The first-order valence-corrected chi connectivity index (χ1v) is 12.6. The number of hydrogen-bond donors (Lipinski definition) is 1. The number of carbonyl (C=O) groups is 1. The second kappa shape index (κ2) is 10.9. The Labute approximate surface area is 215 Å². The molecule has 1 N–H and O–H groups in total. The predicted octanol–water partition coefficient (Wildman–Crippen LogP) is 4.05. The van der Waals surface area contributed by atoms with Crippen LogP contribution in [0.15, 0.2) is 48.9 Å². The second-order valence-corrected chi connectivity index (χ2v) is 9.46. The molecule has 3 heterocycles. The quantitative estimate of drug-likeness (QED) is 0.344. The first kappa shape index (κ1) is 24.5. The SMILES string of the molecule is CC(C)c1cnn2c(NCc3ccccc3-n3cccn3)nc(OCCN(C)C(=O)OC3CCC3)nc12. The average molecular weight is 505 g/mol. The minimum absolute atomic E-state index is 0.0463. The zero-order valence-corrected chi connectivity index (χ0v) is 21.4. The molecule has 1 fully saturated rings. The number of hydrogen-bond acceptors (Lipinski definition) is 8. The molecule has 1 saturated carbocycles. The molecule has 3 aromatic heterocycles. The largest absolute Gasteiger partial charge is 0.461 e. The lowest BCUT2D eigenvalue weighted by Gasteiger charge is -2.27. The summed E-state index contributed by atoms with van der Waals surface area (Å²) in [7, 11) is 1.70. The molecule has 0 spiro atoms. The molecule has 11 heteroatoms. The summed E-state index contributed by atoms with van der Waals surface area (Å²) >= 11 is 0. The van der Waals surface area contributed by atoms with Crippen molar-refractivity contribution in [1.82, 2.24) is 34.3 Å². The van der Waals surface area contributed by atoms with E-state index in [4.69, 9.17) is 9.47 Å². The van der Waals surface area contributed by atoms with Crippen molar-refractivity contribution in [1.29, 1.82) is 0 Å². The fraction of sp³-hybridized carbons (Fsp3) is 0.423. The molecule has 0 bridgehead atoms. The highest BCUT2D eigenvalue weighted by Crippen LogP contribution is 2.24. The van der Waals surface area contributed by atoms with Crippen LogP contribution in [-0.4, -0.2) is 66.7 Å². The highest BCUT2D eigenvalue weighted by molar-refractivity contribution is 5.67. The molecule has 1 aliphatic carbocycles. The predicted molar refractivity (Wildman–Crippen MR) is 138 cm³/mol. The lowest BCUT2D eigenvalue weighted by atomic mass is 9.96. The van der Waals surface area contributed by atoms with Crippen LogP contribution in [0.2, 0.25) is 0 Å². The fourth-order valence-electron chi connectivity index (χ4n) is 4.02. The van der Waals surface area contributed by atoms with Gasteiger partial charge in [0.05, 0.1) is 18.4 Å². The van der Waals surface area contributed by atoms with Gasteiger partial charge in [0.15, 0.2) is 5.65 Å². The lowest BCUT2D eigenvalue weighted by Crippen LogP contribution is -2.36. The maximum absolute atomic E-state index is 12.2. The first-order valence-electron chi connectivity index (χ1n) is 12.6. The van der Waals surface area contributed by atoms with E-state index in [1.165, 1.54) is 4.90 Å². The Morgan fingerprint density at radius 3 is 2.76 bits per heavy atom. The molecule has 5 rings (SSSR count). The number of anilines is 1. The Hall–Kier alpha value is -4.15. The van der Waals surface area contributed by atoms with Gasteiger partial charge in [-0.05, 0) is 42.9 Å². The van der Waals surface area contributed by atoms with E-state index in [0.717, 1.165) is 36.1 Å². The molecule has 0 aliphatic heterocycles. The number of amides is 1. The monoisotopic (exact) mass is 504 g/mol. The summed E-state index contributed by atoms with van der Waals surface area (Å²) in [6.45, 7) is 5.27. The Bertz CT molecular complexity index is 1350. The van der Waals surface area contributed by atoms with Crippen molar-refractivity contribution in [2.75, 3.05) is 25.5 Å². The third kappa shape index (κ3) is 5.50. The van der Waals surface area contributed by atoms with Gasteiger partial charge < -0.3 is 19.7 Å². The Balaban J connectivity index is 1.32. The van der Waals surface area contributed by atoms with Crippen LogP contribution in [-0.2, 0) is 11.3 Å². The number of rotatable bonds is 10. The van der Waals surface area contributed by atoms with Crippen LogP contribution in [0.1, 0.15) is 50.2 Å². The van der Waals surface area contributed by atoms with Crippen LogP contribution in [0.4, 0.5) is 10.7 Å². The second-order valence-electron chi connectivity index (χ2n) is 9.46. The number of carbonyl (C=O) groups excluding carboxylic acids is 1. The smallest absolute Gasteiger partial charge is 0.409 e. The molecule has 0 unspecified atom stereocenters. The van der Waals surface area contributed by atoms with Crippen molar-refractivity contribution in [2.24, 2.45) is 0 Å². The number of fused-ring (bicyclic) bond motifs is 1. The Morgan fingerprint density at radius 1 is 1.19 bits per heavy atom. The summed E-state index contributed by atoms with van der Waals surface area (Å²) in [5.41, 5.74) is 3.69. The molecule has 0 radical (unpaired) electrons. The standard InChI is InChI=1S/C26H32N8O3/c1-18(2)21-17-29-34-23(21)30-25(36-15-14-32(3)26(35)37-20-9-6-10-20)31-24(34)27-16-19-8-4-5-11-22(19)33-13-7-12-28-33/h4-5,7-8,11-13,17-18,20H,6,9-10,14-16H2,1-3H3,(H,27,30,31). The van der Waals surface area contributed by atoms with Gasteiger partial charge in [0.1, 0.15) is 12.7 Å². The number of ether oxygens (including phenoxy) is 2. The van der Waals surface area contributed by atoms with Crippen molar-refractivity contribution in [3.05, 3.63) is 60.0 Å². The molecule has 194 valence electrons. The van der Waals surface area contributed by atoms with Crippen molar-refractivity contribution in [3.8, 4) is 11.7 Å². The van der Waals surface area contributed by atoms with Gasteiger partial charge in [-0.25, -0.2) is 9.48 Å². The van der Waals surface area contributed by atoms with Crippen molar-refractivity contribution >= 4 is 17.7 Å². The third-order valence-electron chi connectivity index (χ3n) is 6.47. The molecular weight excluding hydrogens is 472 g/mol. The molecule has 1 amide bonds. The van der Waals surface area contributed by atoms with Crippen molar-refractivity contribution in [2.45, 2.75) is 51.7 Å². The van der Waals surface area contributed by atoms with E-state index in [1.54, 1.807) is 17.8 Å². The summed E-state index contributed by atoms with van der Waals surface area (Å²) in [5, 5.41) is 12.3. The van der Waals surface area contributed by atoms with E-state index < -0.39 is 0 Å². The topological polar surface area (TPSA) is 112 Å². The molecular formula is C26H32N8O3. The highest BCUT2D eigenvalue weighted by Gasteiger charge is 2.23. The zero-order valence-electron chi connectivity index (χ0n) is 21.4. The maximum atomic E-state index is 12.2. The molecule has 11 nitrogen and oxygen atoms in total. The van der Waals surface area contributed by atoms with Gasteiger partial charge in [-0.2, -0.15) is 24.7 Å². The normalized spacial score (nSPS) is 13.5. The van der Waals surface area contributed by atoms with Crippen molar-refractivity contribution in [3.63, 3.8) is 0 Å². The van der Waals surface area contributed by atoms with Crippen LogP contribution < -0.4 is 10.1 Å². The van der Waals surface area contributed by atoms with Crippen molar-refractivity contribution < 1.29 is 14.3 Å². The molecule has 1 aromatic carbocycles. The van der Waals surface area contributed by atoms with Crippen LogP contribution in [0.25, 0.3) is 11.3 Å². The van der Waals surface area contributed by atoms with Crippen LogP contribution in [0.3, 0.4) is 0 Å². The van der Waals surface area contributed by atoms with Gasteiger partial charge in [0, 0.05) is 31.5 Å². The third-order valence-corrected chi connectivity index (χ3v) is 6.47. The van der Waals surface area contributed by atoms with Gasteiger partial charge in [-0.3, -0.25) is 0 Å². The Kier molecular flexibility index (Phi) is 7.20. The van der Waals surface area contributed by atoms with Crippen LogP contribution in [0, 0.1) is 0 Å². The van der Waals surface area contributed by atoms with Gasteiger partial charge in [0.25, 0.3) is 0 Å². The van der Waals surface area contributed by atoms with Crippen LogP contribution in [0.5, 0.6) is 6.01 Å². The van der Waals surface area contributed by atoms with Gasteiger partial charge in [0.2, 0.25) is 5.95 Å². The van der Waals surface area contributed by atoms with Gasteiger partial charge in [-0.1, -0.05) is 32.0 Å². The first-order chi connectivity index (χ1) is 18.0. The average Bonchev–Trinajstić information content (AvgIpc) is 3.55. The molecule has 1 aliphatic rings. The Morgan fingerprint density at radius 2 is 2.03 bits per heavy atom. The minimum atomic E-state index is -0.333. The van der Waals surface area contributed by atoms with E-state index in [1.807, 2.05) is 47.4 Å². The fourth-order valence-corrected chi connectivity index (χ4v) is 4.02. The number of likely N-dealkylation sites (N-methyl/N-ethyl adjacent to an activating group) is 1. The molecule has 0 saturated heterocycles. The van der Waals surface area contributed by atoms with Crippen LogP contribution >= 0.6 is 0 Å². The minimum Gasteiger partial charge on any atom is -0.461 e. The number of para-hydroxylation sites is 1. The number of benzene rings is 1. The molecule has 4 aromatic rings. The molecule has 37 heavy (non-hydrogen) atoms.